The highest BCUT2D eigenvalue weighted by molar-refractivity contribution is 6.05. The van der Waals surface area contributed by atoms with E-state index in [-0.39, 0.29) is 24.2 Å². The van der Waals surface area contributed by atoms with E-state index in [1.54, 1.807) is 22.8 Å². The van der Waals surface area contributed by atoms with Crippen molar-refractivity contribution in [1.29, 1.82) is 0 Å². The summed E-state index contributed by atoms with van der Waals surface area (Å²) in [6.07, 6.45) is -0.363. The van der Waals surface area contributed by atoms with E-state index < -0.39 is 5.91 Å². The first-order valence-corrected chi connectivity index (χ1v) is 8.51. The van der Waals surface area contributed by atoms with Gasteiger partial charge in [-0.15, -0.1) is 0 Å². The molecule has 1 aliphatic heterocycles. The zero-order valence-corrected chi connectivity index (χ0v) is 14.5. The number of para-hydroxylation sites is 1. The largest absolute Gasteiger partial charge is 0.450 e. The Morgan fingerprint density at radius 1 is 1.15 bits per heavy atom. The van der Waals surface area contributed by atoms with E-state index in [2.05, 4.69) is 15.5 Å². The molecule has 1 saturated heterocycles. The van der Waals surface area contributed by atoms with Crippen molar-refractivity contribution >= 4 is 28.8 Å². The number of ether oxygens (including phenoxy) is 1. The van der Waals surface area contributed by atoms with Gasteiger partial charge in [-0.3, -0.25) is 14.7 Å². The van der Waals surface area contributed by atoms with Gasteiger partial charge < -0.3 is 19.9 Å². The first-order valence-electron chi connectivity index (χ1n) is 8.51. The van der Waals surface area contributed by atoms with Crippen molar-refractivity contribution in [3.05, 3.63) is 30.0 Å². The van der Waals surface area contributed by atoms with Crippen LogP contribution in [-0.4, -0.2) is 77.2 Å². The smallest absolute Gasteiger partial charge is 0.409 e. The summed E-state index contributed by atoms with van der Waals surface area (Å²) in [5.74, 6) is -0.595. The van der Waals surface area contributed by atoms with Gasteiger partial charge >= 0.3 is 6.09 Å². The lowest BCUT2D eigenvalue weighted by molar-refractivity contribution is -0.131. The molecule has 0 radical (unpaired) electrons. The lowest BCUT2D eigenvalue weighted by atomic mass is 10.2. The standard InChI is InChI=1S/C17H21N5O4/c1-2-26-17(25)22-9-7-21(8-10-22)14(23)11-18-16(24)15-12-5-3-4-6-13(12)19-20-15/h3-6H,2,7-11H2,1H3,(H,18,24)(H,19,20). The van der Waals surface area contributed by atoms with E-state index in [9.17, 15) is 14.4 Å². The SMILES string of the molecule is CCOC(=O)N1CCN(C(=O)CNC(=O)c2n[nH]c3ccccc23)CC1. The zero-order chi connectivity index (χ0) is 18.5. The maximum absolute atomic E-state index is 12.3. The Bertz CT molecular complexity index is 810. The molecule has 2 heterocycles. The van der Waals surface area contributed by atoms with Crippen LogP contribution in [0.5, 0.6) is 0 Å². The van der Waals surface area contributed by atoms with Gasteiger partial charge in [0.1, 0.15) is 0 Å². The number of carbonyl (C=O) groups is 3. The molecule has 1 fully saturated rings. The molecule has 1 aromatic carbocycles. The normalized spacial score (nSPS) is 14.3. The molecule has 9 heteroatoms. The minimum Gasteiger partial charge on any atom is -0.450 e. The second-order valence-corrected chi connectivity index (χ2v) is 5.87. The third-order valence-electron chi connectivity index (χ3n) is 4.24. The highest BCUT2D eigenvalue weighted by Gasteiger charge is 2.25. The Morgan fingerprint density at radius 2 is 1.85 bits per heavy atom. The van der Waals surface area contributed by atoms with Gasteiger partial charge in [-0.2, -0.15) is 5.10 Å². The van der Waals surface area contributed by atoms with Crippen LogP contribution < -0.4 is 5.32 Å². The molecule has 3 amide bonds. The van der Waals surface area contributed by atoms with Crippen molar-refractivity contribution in [2.75, 3.05) is 39.3 Å². The fourth-order valence-electron chi connectivity index (χ4n) is 2.84. The number of carbonyl (C=O) groups excluding carboxylic acids is 3. The van der Waals surface area contributed by atoms with Crippen LogP contribution in [0.1, 0.15) is 17.4 Å². The van der Waals surface area contributed by atoms with Gasteiger partial charge in [0.05, 0.1) is 18.7 Å². The number of nitrogens with one attached hydrogen (secondary N) is 2. The molecule has 0 aliphatic carbocycles. The summed E-state index contributed by atoms with van der Waals surface area (Å²) >= 11 is 0. The number of H-pyrrole nitrogens is 1. The van der Waals surface area contributed by atoms with E-state index in [4.69, 9.17) is 4.74 Å². The molecule has 9 nitrogen and oxygen atoms in total. The monoisotopic (exact) mass is 359 g/mol. The number of aromatic amines is 1. The molecule has 0 spiro atoms. The summed E-state index contributed by atoms with van der Waals surface area (Å²) in [7, 11) is 0. The predicted octanol–water partition coefficient (Wildman–Crippen LogP) is 0.593. The lowest BCUT2D eigenvalue weighted by Gasteiger charge is -2.34. The molecule has 0 atom stereocenters. The fraction of sp³-hybridized carbons (Fsp3) is 0.412. The maximum atomic E-state index is 12.3. The van der Waals surface area contributed by atoms with E-state index in [0.29, 0.717) is 38.2 Å². The molecule has 138 valence electrons. The van der Waals surface area contributed by atoms with Crippen molar-refractivity contribution < 1.29 is 19.1 Å². The zero-order valence-electron chi connectivity index (χ0n) is 14.5. The molecule has 3 rings (SSSR count). The topological polar surface area (TPSA) is 108 Å². The average Bonchev–Trinajstić information content (AvgIpc) is 3.10. The summed E-state index contributed by atoms with van der Waals surface area (Å²) in [6, 6.07) is 7.29. The van der Waals surface area contributed by atoms with Crippen LogP contribution in [0.2, 0.25) is 0 Å². The van der Waals surface area contributed by atoms with E-state index >= 15 is 0 Å². The van der Waals surface area contributed by atoms with E-state index in [0.717, 1.165) is 5.52 Å². The average molecular weight is 359 g/mol. The number of hydrogen-bond acceptors (Lipinski definition) is 5. The van der Waals surface area contributed by atoms with Crippen molar-refractivity contribution in [2.45, 2.75) is 6.92 Å². The Balaban J connectivity index is 1.50. The Labute approximate surface area is 150 Å². The van der Waals surface area contributed by atoms with Crippen LogP contribution in [0.15, 0.2) is 24.3 Å². The van der Waals surface area contributed by atoms with Crippen LogP contribution in [0.25, 0.3) is 10.9 Å². The minimum absolute atomic E-state index is 0.112. The summed E-state index contributed by atoms with van der Waals surface area (Å²) in [4.78, 5) is 39.4. The summed E-state index contributed by atoms with van der Waals surface area (Å²) in [5.41, 5.74) is 1.03. The van der Waals surface area contributed by atoms with Crippen molar-refractivity contribution in [2.24, 2.45) is 0 Å². The molecule has 2 N–H and O–H groups in total. The number of aromatic nitrogens is 2. The first-order chi connectivity index (χ1) is 12.6. The molecule has 2 aromatic rings. The van der Waals surface area contributed by atoms with Gasteiger partial charge in [0.15, 0.2) is 5.69 Å². The molecule has 0 bridgehead atoms. The maximum Gasteiger partial charge on any atom is 0.409 e. The van der Waals surface area contributed by atoms with Crippen LogP contribution in [0.4, 0.5) is 4.79 Å². The number of amides is 3. The van der Waals surface area contributed by atoms with Gasteiger partial charge in [0.25, 0.3) is 5.91 Å². The van der Waals surface area contributed by atoms with Gasteiger partial charge in [0.2, 0.25) is 5.91 Å². The lowest BCUT2D eigenvalue weighted by Crippen LogP contribution is -2.52. The van der Waals surface area contributed by atoms with Crippen LogP contribution in [0.3, 0.4) is 0 Å². The third kappa shape index (κ3) is 3.76. The molecular weight excluding hydrogens is 338 g/mol. The van der Waals surface area contributed by atoms with Crippen LogP contribution in [0, 0.1) is 0 Å². The minimum atomic E-state index is -0.402. The van der Waals surface area contributed by atoms with Crippen LogP contribution in [-0.2, 0) is 9.53 Å². The Morgan fingerprint density at radius 3 is 2.58 bits per heavy atom. The van der Waals surface area contributed by atoms with Crippen molar-refractivity contribution in [1.82, 2.24) is 25.3 Å². The van der Waals surface area contributed by atoms with Crippen molar-refractivity contribution in [3.8, 4) is 0 Å². The number of piperazine rings is 1. The summed E-state index contributed by atoms with van der Waals surface area (Å²) in [5, 5.41) is 10.1. The van der Waals surface area contributed by atoms with Gasteiger partial charge in [0, 0.05) is 31.6 Å². The summed E-state index contributed by atoms with van der Waals surface area (Å²) < 4.78 is 4.95. The Kier molecular flexibility index (Phi) is 5.35. The molecule has 0 saturated carbocycles. The predicted molar refractivity (Wildman–Crippen MR) is 93.6 cm³/mol. The molecule has 1 aromatic heterocycles. The number of benzene rings is 1. The van der Waals surface area contributed by atoms with Gasteiger partial charge in [-0.05, 0) is 13.0 Å². The second-order valence-electron chi connectivity index (χ2n) is 5.87. The number of hydrogen-bond donors (Lipinski definition) is 2. The van der Waals surface area contributed by atoms with Gasteiger partial charge in [-0.25, -0.2) is 4.79 Å². The Hall–Kier alpha value is -3.10. The molecule has 0 unspecified atom stereocenters. The highest BCUT2D eigenvalue weighted by Crippen LogP contribution is 2.14. The molecular formula is C17H21N5O4. The second kappa shape index (κ2) is 7.85. The van der Waals surface area contributed by atoms with E-state index in [1.165, 1.54) is 0 Å². The number of fused-ring (bicyclic) bond motifs is 1. The van der Waals surface area contributed by atoms with Crippen molar-refractivity contribution in [3.63, 3.8) is 0 Å². The molecule has 1 aliphatic rings. The quantitative estimate of drug-likeness (QED) is 0.831. The van der Waals surface area contributed by atoms with Crippen LogP contribution >= 0.6 is 0 Å². The van der Waals surface area contributed by atoms with Gasteiger partial charge in [-0.1, -0.05) is 18.2 Å². The number of rotatable bonds is 4. The molecule has 26 heavy (non-hydrogen) atoms. The third-order valence-corrected chi connectivity index (χ3v) is 4.24. The highest BCUT2D eigenvalue weighted by atomic mass is 16.6. The fourth-order valence-corrected chi connectivity index (χ4v) is 2.84. The number of nitrogens with zero attached hydrogens (tertiary/aromatic N) is 3. The van der Waals surface area contributed by atoms with E-state index in [1.807, 2.05) is 18.2 Å². The summed E-state index contributed by atoms with van der Waals surface area (Å²) in [6.45, 7) is 3.64. The first kappa shape index (κ1) is 17.7.